The van der Waals surface area contributed by atoms with Gasteiger partial charge in [-0.05, 0) is 55.5 Å². The number of nitrogens with one attached hydrogen (secondary N) is 2. The molecule has 1 aliphatic rings. The molecule has 0 radical (unpaired) electrons. The molecule has 3 rings (SSSR count). The molecule has 1 aliphatic heterocycles. The second-order valence-electron chi connectivity index (χ2n) is 5.42. The van der Waals surface area contributed by atoms with Crippen LogP contribution in [0.4, 0.5) is 0 Å². The van der Waals surface area contributed by atoms with Crippen LogP contribution in [0.25, 0.3) is 10.1 Å². The van der Waals surface area contributed by atoms with E-state index in [-0.39, 0.29) is 5.91 Å². The van der Waals surface area contributed by atoms with Gasteiger partial charge in [-0.25, -0.2) is 0 Å². The Hall–Kier alpha value is -1.59. The van der Waals surface area contributed by atoms with Gasteiger partial charge in [0.05, 0.1) is 12.0 Å². The Morgan fingerprint density at radius 3 is 3.10 bits per heavy atom. The predicted octanol–water partition coefficient (Wildman–Crippen LogP) is 2.70. The van der Waals surface area contributed by atoms with E-state index < -0.39 is 0 Å². The molecule has 0 aliphatic carbocycles. The van der Waals surface area contributed by atoms with Gasteiger partial charge in [-0.15, -0.1) is 11.3 Å². The minimum Gasteiger partial charge on any atom is -0.497 e. The summed E-state index contributed by atoms with van der Waals surface area (Å²) in [5.74, 6) is 0.854. The van der Waals surface area contributed by atoms with Crippen molar-refractivity contribution in [1.82, 2.24) is 10.6 Å². The summed E-state index contributed by atoms with van der Waals surface area (Å²) in [5, 5.41) is 7.54. The fourth-order valence-electron chi connectivity index (χ4n) is 2.77. The highest BCUT2D eigenvalue weighted by molar-refractivity contribution is 7.21. The first-order valence-electron chi connectivity index (χ1n) is 7.28. The van der Waals surface area contributed by atoms with Crippen molar-refractivity contribution in [3.05, 3.63) is 28.6 Å². The van der Waals surface area contributed by atoms with Gasteiger partial charge >= 0.3 is 0 Å². The van der Waals surface area contributed by atoms with Crippen LogP contribution >= 0.6 is 11.3 Å². The van der Waals surface area contributed by atoms with E-state index >= 15 is 0 Å². The van der Waals surface area contributed by atoms with Crippen molar-refractivity contribution in [3.8, 4) is 5.75 Å². The van der Waals surface area contributed by atoms with E-state index in [1.165, 1.54) is 6.42 Å². The zero-order valence-electron chi connectivity index (χ0n) is 12.4. The minimum atomic E-state index is 0.0290. The maximum atomic E-state index is 12.4. The maximum Gasteiger partial charge on any atom is 0.261 e. The number of carbonyl (C=O) groups is 1. The van der Waals surface area contributed by atoms with E-state index in [1.54, 1.807) is 18.4 Å². The fourth-order valence-corrected chi connectivity index (χ4v) is 3.88. The van der Waals surface area contributed by atoms with Gasteiger partial charge in [0.25, 0.3) is 5.91 Å². The third-order valence-electron chi connectivity index (χ3n) is 4.02. The molecule has 1 amide bonds. The van der Waals surface area contributed by atoms with Crippen molar-refractivity contribution in [1.29, 1.82) is 0 Å². The number of carbonyl (C=O) groups excluding carboxylic acids is 1. The van der Waals surface area contributed by atoms with Gasteiger partial charge in [-0.2, -0.15) is 0 Å². The van der Waals surface area contributed by atoms with Crippen molar-refractivity contribution in [2.75, 3.05) is 20.2 Å². The summed E-state index contributed by atoms with van der Waals surface area (Å²) < 4.78 is 6.38. The lowest BCUT2D eigenvalue weighted by Gasteiger charge is -2.11. The van der Waals surface area contributed by atoms with Gasteiger partial charge in [-0.1, -0.05) is 0 Å². The molecule has 1 saturated heterocycles. The molecule has 1 unspecified atom stereocenters. The highest BCUT2D eigenvalue weighted by atomic mass is 32.1. The van der Waals surface area contributed by atoms with Gasteiger partial charge in [0.2, 0.25) is 0 Å². The lowest BCUT2D eigenvalue weighted by atomic mass is 10.1. The molecule has 1 aromatic carbocycles. The van der Waals surface area contributed by atoms with Crippen LogP contribution < -0.4 is 15.4 Å². The topological polar surface area (TPSA) is 50.4 Å². The van der Waals surface area contributed by atoms with Crippen molar-refractivity contribution in [3.63, 3.8) is 0 Å². The highest BCUT2D eigenvalue weighted by Gasteiger charge is 2.18. The molecule has 4 nitrogen and oxygen atoms in total. The first-order valence-corrected chi connectivity index (χ1v) is 8.09. The van der Waals surface area contributed by atoms with E-state index in [0.29, 0.717) is 12.6 Å². The van der Waals surface area contributed by atoms with Crippen molar-refractivity contribution < 1.29 is 9.53 Å². The van der Waals surface area contributed by atoms with Crippen LogP contribution in [-0.2, 0) is 0 Å². The molecule has 0 bridgehead atoms. The second kappa shape index (κ2) is 6.03. The Kier molecular flexibility index (Phi) is 4.12. The zero-order valence-corrected chi connectivity index (χ0v) is 13.2. The summed E-state index contributed by atoms with van der Waals surface area (Å²) in [5.41, 5.74) is 1.03. The first kappa shape index (κ1) is 14.4. The fraction of sp³-hybridized carbons (Fsp3) is 0.438. The molecule has 112 valence electrons. The van der Waals surface area contributed by atoms with Crippen LogP contribution in [0.1, 0.15) is 28.1 Å². The molecule has 1 aromatic heterocycles. The van der Waals surface area contributed by atoms with Crippen molar-refractivity contribution >= 4 is 27.3 Å². The van der Waals surface area contributed by atoms with Crippen LogP contribution in [0, 0.1) is 6.92 Å². The Balaban J connectivity index is 1.79. The number of amides is 1. The molecule has 5 heteroatoms. The number of hydrogen-bond donors (Lipinski definition) is 2. The molecular weight excluding hydrogens is 284 g/mol. The molecule has 1 atom stereocenters. The molecule has 2 aromatic rings. The number of ether oxygens (including phenoxy) is 1. The predicted molar refractivity (Wildman–Crippen MR) is 86.5 cm³/mol. The largest absolute Gasteiger partial charge is 0.497 e. The summed E-state index contributed by atoms with van der Waals surface area (Å²) in [4.78, 5) is 13.2. The number of methoxy groups -OCH3 is 1. The van der Waals surface area contributed by atoms with Crippen LogP contribution in [0.15, 0.2) is 18.2 Å². The Bertz CT molecular complexity index is 660. The van der Waals surface area contributed by atoms with Crippen molar-refractivity contribution in [2.24, 2.45) is 0 Å². The molecule has 21 heavy (non-hydrogen) atoms. The minimum absolute atomic E-state index is 0.0290. The van der Waals surface area contributed by atoms with Gasteiger partial charge in [0.15, 0.2) is 0 Å². The van der Waals surface area contributed by atoms with E-state index in [0.717, 1.165) is 39.2 Å². The third kappa shape index (κ3) is 2.89. The van der Waals surface area contributed by atoms with E-state index in [4.69, 9.17) is 4.74 Å². The SMILES string of the molecule is COc1ccc2sc(C(=O)NCC3CCCN3)c(C)c2c1. The molecular formula is C16H20N2O2S. The number of rotatable bonds is 4. The van der Waals surface area contributed by atoms with Gasteiger partial charge in [-0.3, -0.25) is 4.79 Å². The van der Waals surface area contributed by atoms with Gasteiger partial charge < -0.3 is 15.4 Å². The number of benzene rings is 1. The highest BCUT2D eigenvalue weighted by Crippen LogP contribution is 2.33. The third-order valence-corrected chi connectivity index (χ3v) is 5.29. The summed E-state index contributed by atoms with van der Waals surface area (Å²) in [6, 6.07) is 6.36. The number of thiophene rings is 1. The normalized spacial score (nSPS) is 18.1. The summed E-state index contributed by atoms with van der Waals surface area (Å²) in [6.45, 7) is 3.76. The zero-order chi connectivity index (χ0) is 14.8. The lowest BCUT2D eigenvalue weighted by Crippen LogP contribution is -2.37. The monoisotopic (exact) mass is 304 g/mol. The quantitative estimate of drug-likeness (QED) is 0.913. The van der Waals surface area contributed by atoms with E-state index in [9.17, 15) is 4.79 Å². The second-order valence-corrected chi connectivity index (χ2v) is 6.47. The van der Waals surface area contributed by atoms with Crippen LogP contribution in [-0.4, -0.2) is 32.1 Å². The summed E-state index contributed by atoms with van der Waals surface area (Å²) in [6.07, 6.45) is 2.34. The summed E-state index contributed by atoms with van der Waals surface area (Å²) in [7, 11) is 1.66. The molecule has 2 N–H and O–H groups in total. The molecule has 0 spiro atoms. The number of hydrogen-bond acceptors (Lipinski definition) is 4. The lowest BCUT2D eigenvalue weighted by molar-refractivity contribution is 0.0954. The Morgan fingerprint density at radius 1 is 1.52 bits per heavy atom. The van der Waals surface area contributed by atoms with Gasteiger partial charge in [0, 0.05) is 17.3 Å². The standard InChI is InChI=1S/C16H20N2O2S/c1-10-13-8-12(20-2)5-6-14(13)21-15(10)16(19)18-9-11-4-3-7-17-11/h5-6,8,11,17H,3-4,7,9H2,1-2H3,(H,18,19). The van der Waals surface area contributed by atoms with Crippen LogP contribution in [0.3, 0.4) is 0 Å². The number of aryl methyl sites for hydroxylation is 1. The molecule has 2 heterocycles. The van der Waals surface area contributed by atoms with Crippen LogP contribution in [0.2, 0.25) is 0 Å². The first-order chi connectivity index (χ1) is 10.2. The van der Waals surface area contributed by atoms with Crippen molar-refractivity contribution in [2.45, 2.75) is 25.8 Å². The average Bonchev–Trinajstić information content (AvgIpc) is 3.13. The smallest absolute Gasteiger partial charge is 0.261 e. The molecule has 1 fully saturated rings. The van der Waals surface area contributed by atoms with Gasteiger partial charge in [0.1, 0.15) is 5.75 Å². The molecule has 0 saturated carbocycles. The maximum absolute atomic E-state index is 12.4. The van der Waals surface area contributed by atoms with E-state index in [1.807, 2.05) is 25.1 Å². The average molecular weight is 304 g/mol. The number of fused-ring (bicyclic) bond motifs is 1. The van der Waals surface area contributed by atoms with Crippen LogP contribution in [0.5, 0.6) is 5.75 Å². The Labute approximate surface area is 128 Å². The van der Waals surface area contributed by atoms with E-state index in [2.05, 4.69) is 10.6 Å². The Morgan fingerprint density at radius 2 is 2.38 bits per heavy atom. The summed E-state index contributed by atoms with van der Waals surface area (Å²) >= 11 is 1.55.